The molecule has 6 nitrogen and oxygen atoms in total. The van der Waals surface area contributed by atoms with E-state index in [1.807, 2.05) is 0 Å². The largest absolute Gasteiger partial charge is 0.465 e. The summed E-state index contributed by atoms with van der Waals surface area (Å²) in [5, 5.41) is 11.3. The highest BCUT2D eigenvalue weighted by Gasteiger charge is 2.15. The van der Waals surface area contributed by atoms with E-state index in [4.69, 9.17) is 4.42 Å². The summed E-state index contributed by atoms with van der Waals surface area (Å²) in [6, 6.07) is 1.66. The number of aromatic nitrogens is 2. The second kappa shape index (κ2) is 4.96. The van der Waals surface area contributed by atoms with E-state index in [9.17, 15) is 4.79 Å². The van der Waals surface area contributed by atoms with Gasteiger partial charge in [0.2, 0.25) is 5.13 Å². The molecule has 2 aromatic rings. The second-order valence-electron chi connectivity index (χ2n) is 3.27. The van der Waals surface area contributed by atoms with Crippen LogP contribution in [0.1, 0.15) is 21.9 Å². The molecule has 0 aliphatic carbocycles. The minimum atomic E-state index is -0.395. The summed E-state index contributed by atoms with van der Waals surface area (Å²) in [4.78, 5) is 11.4. The number of rotatable bonds is 4. The van der Waals surface area contributed by atoms with Crippen LogP contribution in [0.15, 0.2) is 16.0 Å². The number of esters is 1. The van der Waals surface area contributed by atoms with Gasteiger partial charge < -0.3 is 14.5 Å². The maximum atomic E-state index is 11.4. The molecular weight excluding hydrogens is 242 g/mol. The SMILES string of the molecule is COC(=O)c1cc(CNc2nncs2)oc1C. The number of furan rings is 1. The number of methoxy groups -OCH3 is 1. The van der Waals surface area contributed by atoms with E-state index >= 15 is 0 Å². The summed E-state index contributed by atoms with van der Waals surface area (Å²) in [6.45, 7) is 2.17. The zero-order valence-electron chi connectivity index (χ0n) is 9.39. The average Bonchev–Trinajstić information content (AvgIpc) is 2.94. The Morgan fingerprint density at radius 2 is 2.47 bits per heavy atom. The highest BCUT2D eigenvalue weighted by atomic mass is 32.1. The lowest BCUT2D eigenvalue weighted by molar-refractivity contribution is 0.0599. The summed E-state index contributed by atoms with van der Waals surface area (Å²) in [5.74, 6) is 0.803. The smallest absolute Gasteiger partial charge is 0.341 e. The van der Waals surface area contributed by atoms with Crippen molar-refractivity contribution >= 4 is 22.4 Å². The highest BCUT2D eigenvalue weighted by molar-refractivity contribution is 7.13. The molecular formula is C10H11N3O3S. The molecule has 2 heterocycles. The maximum absolute atomic E-state index is 11.4. The number of carbonyl (C=O) groups is 1. The Kier molecular flexibility index (Phi) is 3.38. The maximum Gasteiger partial charge on any atom is 0.341 e. The van der Waals surface area contributed by atoms with Crippen molar-refractivity contribution in [1.82, 2.24) is 10.2 Å². The van der Waals surface area contributed by atoms with Gasteiger partial charge in [-0.15, -0.1) is 10.2 Å². The van der Waals surface area contributed by atoms with Crippen molar-refractivity contribution in [1.29, 1.82) is 0 Å². The fourth-order valence-electron chi connectivity index (χ4n) is 1.36. The molecule has 0 aromatic carbocycles. The molecule has 0 fully saturated rings. The van der Waals surface area contributed by atoms with Crippen molar-refractivity contribution in [3.63, 3.8) is 0 Å². The van der Waals surface area contributed by atoms with Gasteiger partial charge in [0, 0.05) is 0 Å². The Labute approximate surface area is 102 Å². The zero-order chi connectivity index (χ0) is 12.3. The van der Waals surface area contributed by atoms with Gasteiger partial charge in [-0.05, 0) is 13.0 Å². The van der Waals surface area contributed by atoms with Crippen LogP contribution in [0.2, 0.25) is 0 Å². The second-order valence-corrected chi connectivity index (χ2v) is 4.10. The van der Waals surface area contributed by atoms with Crippen LogP contribution in [-0.2, 0) is 11.3 Å². The average molecular weight is 253 g/mol. The van der Waals surface area contributed by atoms with E-state index in [-0.39, 0.29) is 0 Å². The summed E-state index contributed by atoms with van der Waals surface area (Å²) in [5.41, 5.74) is 2.08. The number of anilines is 1. The standard InChI is InChI=1S/C10H11N3O3S/c1-6-8(9(14)15-2)3-7(16-6)4-11-10-13-12-5-17-10/h3,5H,4H2,1-2H3,(H,11,13). The summed E-state index contributed by atoms with van der Waals surface area (Å²) in [7, 11) is 1.34. The van der Waals surface area contributed by atoms with E-state index in [1.165, 1.54) is 18.4 Å². The van der Waals surface area contributed by atoms with Gasteiger partial charge in [0.05, 0.1) is 13.7 Å². The lowest BCUT2D eigenvalue weighted by atomic mass is 10.2. The van der Waals surface area contributed by atoms with E-state index in [0.717, 1.165) is 0 Å². The Balaban J connectivity index is 2.05. The van der Waals surface area contributed by atoms with E-state index < -0.39 is 5.97 Å². The first kappa shape index (κ1) is 11.6. The van der Waals surface area contributed by atoms with Gasteiger partial charge in [0.15, 0.2) is 0 Å². The molecule has 0 aliphatic rings. The molecule has 2 aromatic heterocycles. The van der Waals surface area contributed by atoms with Crippen molar-refractivity contribution in [3.05, 3.63) is 28.7 Å². The van der Waals surface area contributed by atoms with Crippen molar-refractivity contribution < 1.29 is 13.9 Å². The summed E-state index contributed by atoms with van der Waals surface area (Å²) >= 11 is 1.40. The Hall–Kier alpha value is -1.89. The third-order valence-electron chi connectivity index (χ3n) is 2.15. The lowest BCUT2D eigenvalue weighted by Crippen LogP contribution is -2.01. The molecule has 0 bridgehead atoms. The molecule has 2 rings (SSSR count). The quantitative estimate of drug-likeness (QED) is 0.838. The van der Waals surface area contributed by atoms with Crippen molar-refractivity contribution in [2.75, 3.05) is 12.4 Å². The van der Waals surface area contributed by atoms with Crippen molar-refractivity contribution in [2.24, 2.45) is 0 Å². The molecule has 1 N–H and O–H groups in total. The van der Waals surface area contributed by atoms with E-state index in [0.29, 0.717) is 28.8 Å². The monoisotopic (exact) mass is 253 g/mol. The number of nitrogens with zero attached hydrogens (tertiary/aromatic N) is 2. The van der Waals surface area contributed by atoms with Gasteiger partial charge >= 0.3 is 5.97 Å². The number of aryl methyl sites for hydroxylation is 1. The topological polar surface area (TPSA) is 77.2 Å². The van der Waals surface area contributed by atoms with Crippen LogP contribution in [0.25, 0.3) is 0 Å². The molecule has 0 amide bonds. The van der Waals surface area contributed by atoms with Gasteiger partial charge in [-0.3, -0.25) is 0 Å². The molecule has 0 aliphatic heterocycles. The molecule has 0 radical (unpaired) electrons. The minimum Gasteiger partial charge on any atom is -0.465 e. The number of nitrogens with one attached hydrogen (secondary N) is 1. The molecule has 17 heavy (non-hydrogen) atoms. The first-order valence-electron chi connectivity index (χ1n) is 4.88. The first-order valence-corrected chi connectivity index (χ1v) is 5.76. The summed E-state index contributed by atoms with van der Waals surface area (Å²) in [6.07, 6.45) is 0. The van der Waals surface area contributed by atoms with Crippen LogP contribution in [0.3, 0.4) is 0 Å². The predicted molar refractivity (Wildman–Crippen MR) is 62.0 cm³/mol. The van der Waals surface area contributed by atoms with Crippen LogP contribution >= 0.6 is 11.3 Å². The lowest BCUT2D eigenvalue weighted by Gasteiger charge is -1.96. The third kappa shape index (κ3) is 2.62. The van der Waals surface area contributed by atoms with Gasteiger partial charge in [-0.25, -0.2) is 4.79 Å². The van der Waals surface area contributed by atoms with Crippen LogP contribution in [0.5, 0.6) is 0 Å². The van der Waals surface area contributed by atoms with Gasteiger partial charge in [0.1, 0.15) is 22.6 Å². The van der Waals surface area contributed by atoms with Gasteiger partial charge in [-0.2, -0.15) is 0 Å². The van der Waals surface area contributed by atoms with Crippen molar-refractivity contribution in [2.45, 2.75) is 13.5 Å². The fraction of sp³-hybridized carbons (Fsp3) is 0.300. The normalized spacial score (nSPS) is 10.2. The first-order chi connectivity index (χ1) is 8.20. The van der Waals surface area contributed by atoms with Crippen LogP contribution in [0, 0.1) is 6.92 Å². The Bertz CT molecular complexity index is 507. The zero-order valence-corrected chi connectivity index (χ0v) is 10.2. The number of carbonyl (C=O) groups excluding carboxylic acids is 1. The number of ether oxygens (including phenoxy) is 1. The molecule has 0 saturated heterocycles. The molecule has 90 valence electrons. The number of hydrogen-bond acceptors (Lipinski definition) is 7. The fourth-order valence-corrected chi connectivity index (χ4v) is 1.80. The predicted octanol–water partition coefficient (Wildman–Crippen LogP) is 1.84. The van der Waals surface area contributed by atoms with Crippen LogP contribution < -0.4 is 5.32 Å². The van der Waals surface area contributed by atoms with E-state index in [1.54, 1.807) is 18.5 Å². The molecule has 0 unspecified atom stereocenters. The Morgan fingerprint density at radius 1 is 1.65 bits per heavy atom. The van der Waals surface area contributed by atoms with Gasteiger partial charge in [0.25, 0.3) is 0 Å². The molecule has 0 spiro atoms. The van der Waals surface area contributed by atoms with Crippen molar-refractivity contribution in [3.8, 4) is 0 Å². The minimum absolute atomic E-state index is 0.395. The van der Waals surface area contributed by atoms with Crippen LogP contribution in [-0.4, -0.2) is 23.3 Å². The van der Waals surface area contributed by atoms with Crippen LogP contribution in [0.4, 0.5) is 5.13 Å². The summed E-state index contributed by atoms with van der Waals surface area (Å²) < 4.78 is 10.1. The third-order valence-corrected chi connectivity index (χ3v) is 2.80. The highest BCUT2D eigenvalue weighted by Crippen LogP contribution is 2.17. The number of hydrogen-bond donors (Lipinski definition) is 1. The Morgan fingerprint density at radius 3 is 3.12 bits per heavy atom. The molecule has 7 heteroatoms. The van der Waals surface area contributed by atoms with E-state index in [2.05, 4.69) is 20.3 Å². The molecule has 0 atom stereocenters. The molecule has 0 saturated carbocycles. The van der Waals surface area contributed by atoms with Gasteiger partial charge in [-0.1, -0.05) is 11.3 Å².